The molecule has 1 amide bonds. The molecule has 0 aliphatic heterocycles. The largest absolute Gasteiger partial charge is 0.457 e. The zero-order valence-electron chi connectivity index (χ0n) is 19.0. The molecule has 0 saturated heterocycles. The molecular formula is C26H32ClN3O2S. The number of rotatable bonds is 8. The number of benzene rings is 2. The Labute approximate surface area is 205 Å². The molecule has 0 atom stereocenters. The van der Waals surface area contributed by atoms with Crippen molar-refractivity contribution >= 4 is 29.7 Å². The quantitative estimate of drug-likeness (QED) is 0.433. The predicted molar refractivity (Wildman–Crippen MR) is 136 cm³/mol. The number of thiazole rings is 1. The molecule has 5 nitrogen and oxygen atoms in total. The standard InChI is InChI=1S/C26H31N3O2S.ClH/c1-2-29-22(19-32-26(29)28-21-9-5-3-6-10-21)17-25(30)27-18-20-13-15-24(16-14-20)31-23-11-7-4-8-12-23;/h4,7-8,11-16,19,21H,2-3,5-6,9-10,17-18H2,1H3,(H,27,30);1H. The minimum absolute atomic E-state index is 0. The maximum absolute atomic E-state index is 12.6. The lowest BCUT2D eigenvalue weighted by atomic mass is 9.96. The van der Waals surface area contributed by atoms with Crippen molar-refractivity contribution in [1.82, 2.24) is 9.88 Å². The highest BCUT2D eigenvalue weighted by Gasteiger charge is 2.14. The van der Waals surface area contributed by atoms with E-state index in [4.69, 9.17) is 9.73 Å². The molecule has 7 heteroatoms. The van der Waals surface area contributed by atoms with Gasteiger partial charge in [-0.15, -0.1) is 23.7 Å². The van der Waals surface area contributed by atoms with Crippen LogP contribution >= 0.6 is 23.7 Å². The molecule has 0 bridgehead atoms. The SMILES string of the molecule is CCn1c(CC(=O)NCc2ccc(Oc3ccccc3)cc2)csc1=NC1CCCCC1.Cl. The lowest BCUT2D eigenvalue weighted by molar-refractivity contribution is -0.120. The molecule has 1 N–H and O–H groups in total. The van der Waals surface area contributed by atoms with E-state index >= 15 is 0 Å². The fraction of sp³-hybridized carbons (Fsp3) is 0.385. The van der Waals surface area contributed by atoms with E-state index in [1.807, 2.05) is 54.6 Å². The van der Waals surface area contributed by atoms with E-state index in [1.54, 1.807) is 11.3 Å². The number of nitrogens with one attached hydrogen (secondary N) is 1. The molecule has 0 unspecified atom stereocenters. The molecule has 176 valence electrons. The Morgan fingerprint density at radius 3 is 2.45 bits per heavy atom. The van der Waals surface area contributed by atoms with Crippen molar-refractivity contribution in [2.45, 2.75) is 64.6 Å². The highest BCUT2D eigenvalue weighted by Crippen LogP contribution is 2.21. The van der Waals surface area contributed by atoms with Crippen LogP contribution in [0.15, 0.2) is 65.0 Å². The number of nitrogens with zero attached hydrogens (tertiary/aromatic N) is 2. The third-order valence-corrected chi connectivity index (χ3v) is 6.72. The number of halogens is 1. The van der Waals surface area contributed by atoms with Gasteiger partial charge < -0.3 is 14.6 Å². The van der Waals surface area contributed by atoms with Crippen LogP contribution in [0.3, 0.4) is 0 Å². The van der Waals surface area contributed by atoms with Gasteiger partial charge in [-0.2, -0.15) is 0 Å². The van der Waals surface area contributed by atoms with Gasteiger partial charge in [-0.05, 0) is 49.6 Å². The van der Waals surface area contributed by atoms with Crippen LogP contribution in [0, 0.1) is 0 Å². The van der Waals surface area contributed by atoms with Gasteiger partial charge in [-0.1, -0.05) is 49.6 Å². The maximum Gasteiger partial charge on any atom is 0.226 e. The van der Waals surface area contributed by atoms with E-state index in [9.17, 15) is 4.79 Å². The second-order valence-electron chi connectivity index (χ2n) is 8.19. The number of carbonyl (C=O) groups is 1. The van der Waals surface area contributed by atoms with E-state index < -0.39 is 0 Å². The van der Waals surface area contributed by atoms with Gasteiger partial charge in [0.1, 0.15) is 11.5 Å². The van der Waals surface area contributed by atoms with Crippen LogP contribution < -0.4 is 14.9 Å². The van der Waals surface area contributed by atoms with Crippen molar-refractivity contribution in [3.05, 3.63) is 76.0 Å². The molecule has 4 rings (SSSR count). The topological polar surface area (TPSA) is 55.6 Å². The number of aromatic nitrogens is 1. The summed E-state index contributed by atoms with van der Waals surface area (Å²) in [4.78, 5) is 18.6. The van der Waals surface area contributed by atoms with Gasteiger partial charge in [-0.3, -0.25) is 9.79 Å². The minimum Gasteiger partial charge on any atom is -0.457 e. The van der Waals surface area contributed by atoms with Crippen LogP contribution in [0.1, 0.15) is 50.3 Å². The Morgan fingerprint density at radius 1 is 1.06 bits per heavy atom. The van der Waals surface area contributed by atoms with Crippen molar-refractivity contribution in [3.8, 4) is 11.5 Å². The summed E-state index contributed by atoms with van der Waals surface area (Å²) < 4.78 is 8.01. The normalized spacial score (nSPS) is 14.5. The molecule has 2 aromatic carbocycles. The third-order valence-electron chi connectivity index (χ3n) is 5.80. The Kier molecular flexibility index (Phi) is 9.58. The molecule has 3 aromatic rings. The first-order chi connectivity index (χ1) is 15.7. The smallest absolute Gasteiger partial charge is 0.226 e. The Hall–Kier alpha value is -2.57. The van der Waals surface area contributed by atoms with Crippen molar-refractivity contribution in [3.63, 3.8) is 0 Å². The Bertz CT molecular complexity index is 1070. The van der Waals surface area contributed by atoms with Crippen molar-refractivity contribution < 1.29 is 9.53 Å². The van der Waals surface area contributed by atoms with Gasteiger partial charge >= 0.3 is 0 Å². The number of amides is 1. The monoisotopic (exact) mass is 485 g/mol. The Morgan fingerprint density at radius 2 is 1.76 bits per heavy atom. The highest BCUT2D eigenvalue weighted by atomic mass is 35.5. The zero-order chi connectivity index (χ0) is 22.2. The minimum atomic E-state index is 0. The molecule has 1 aliphatic carbocycles. The molecule has 1 saturated carbocycles. The van der Waals surface area contributed by atoms with Crippen LogP contribution in [0.25, 0.3) is 0 Å². The van der Waals surface area contributed by atoms with Gasteiger partial charge in [0.15, 0.2) is 4.80 Å². The summed E-state index contributed by atoms with van der Waals surface area (Å²) in [7, 11) is 0. The second kappa shape index (κ2) is 12.6. The molecule has 0 radical (unpaired) electrons. The first-order valence-electron chi connectivity index (χ1n) is 11.5. The van der Waals surface area contributed by atoms with Gasteiger partial charge in [0, 0.05) is 24.2 Å². The predicted octanol–water partition coefficient (Wildman–Crippen LogP) is 5.88. The molecule has 1 aromatic heterocycles. The summed E-state index contributed by atoms with van der Waals surface area (Å²) >= 11 is 1.66. The van der Waals surface area contributed by atoms with Crippen LogP contribution in [0.2, 0.25) is 0 Å². The van der Waals surface area contributed by atoms with Gasteiger partial charge in [0.05, 0.1) is 12.5 Å². The summed E-state index contributed by atoms with van der Waals surface area (Å²) in [6.45, 7) is 3.45. The van der Waals surface area contributed by atoms with Gasteiger partial charge in [-0.25, -0.2) is 0 Å². The molecule has 0 spiro atoms. The average molecular weight is 486 g/mol. The van der Waals surface area contributed by atoms with E-state index in [0.717, 1.165) is 34.1 Å². The average Bonchev–Trinajstić information content (AvgIpc) is 3.20. The second-order valence-corrected chi connectivity index (χ2v) is 9.02. The maximum atomic E-state index is 12.6. The van der Waals surface area contributed by atoms with Gasteiger partial charge in [0.25, 0.3) is 0 Å². The van der Waals surface area contributed by atoms with Crippen molar-refractivity contribution in [1.29, 1.82) is 0 Å². The fourth-order valence-electron chi connectivity index (χ4n) is 4.04. The van der Waals surface area contributed by atoms with Crippen LogP contribution in [-0.4, -0.2) is 16.5 Å². The highest BCUT2D eigenvalue weighted by molar-refractivity contribution is 7.07. The van der Waals surface area contributed by atoms with E-state index in [2.05, 4.69) is 22.2 Å². The van der Waals surface area contributed by atoms with Crippen LogP contribution in [-0.2, 0) is 24.3 Å². The molecule has 1 aliphatic rings. The summed E-state index contributed by atoms with van der Waals surface area (Å²) in [6, 6.07) is 18.0. The first-order valence-corrected chi connectivity index (χ1v) is 12.4. The Balaban J connectivity index is 0.00000306. The van der Waals surface area contributed by atoms with E-state index in [1.165, 1.54) is 32.1 Å². The molecular weight excluding hydrogens is 454 g/mol. The summed E-state index contributed by atoms with van der Waals surface area (Å²) in [5, 5.41) is 5.12. The lowest BCUT2D eigenvalue weighted by Gasteiger charge is -2.17. The summed E-state index contributed by atoms with van der Waals surface area (Å²) in [5.74, 6) is 1.62. The third kappa shape index (κ3) is 7.21. The number of hydrogen-bond donors (Lipinski definition) is 1. The van der Waals surface area contributed by atoms with Crippen molar-refractivity contribution in [2.24, 2.45) is 4.99 Å². The molecule has 33 heavy (non-hydrogen) atoms. The fourth-order valence-corrected chi connectivity index (χ4v) is 5.08. The summed E-state index contributed by atoms with van der Waals surface area (Å²) in [5.41, 5.74) is 2.08. The lowest BCUT2D eigenvalue weighted by Crippen LogP contribution is -2.27. The van der Waals surface area contributed by atoms with E-state index in [0.29, 0.717) is 19.0 Å². The first kappa shape index (κ1) is 25.1. The van der Waals surface area contributed by atoms with Crippen LogP contribution in [0.5, 0.6) is 11.5 Å². The number of para-hydroxylation sites is 1. The number of ether oxygens (including phenoxy) is 1. The number of carbonyl (C=O) groups excluding carboxylic acids is 1. The van der Waals surface area contributed by atoms with E-state index in [-0.39, 0.29) is 18.3 Å². The van der Waals surface area contributed by atoms with Crippen molar-refractivity contribution in [2.75, 3.05) is 0 Å². The van der Waals surface area contributed by atoms with Crippen LogP contribution in [0.4, 0.5) is 0 Å². The zero-order valence-corrected chi connectivity index (χ0v) is 20.7. The molecule has 1 fully saturated rings. The number of hydrogen-bond acceptors (Lipinski definition) is 4. The summed E-state index contributed by atoms with van der Waals surface area (Å²) in [6.07, 6.45) is 6.64. The molecule has 1 heterocycles. The van der Waals surface area contributed by atoms with Gasteiger partial charge in [0.2, 0.25) is 5.91 Å².